The fraction of sp³-hybridized carbons (Fsp3) is 0.474. The molecule has 0 radical (unpaired) electrons. The monoisotopic (exact) mass is 311 g/mol. The molecule has 3 rings (SSSR count). The molecule has 1 aromatic carbocycles. The number of hydrogen-bond acceptors (Lipinski definition) is 2. The zero-order valence-corrected chi connectivity index (χ0v) is 13.9. The number of hydrogen-bond donors (Lipinski definition) is 1. The molecule has 1 heterocycles. The number of amides is 1. The largest absolute Gasteiger partial charge is 0.353 e. The Balaban J connectivity index is 1.57. The van der Waals surface area contributed by atoms with E-state index in [0.29, 0.717) is 24.3 Å². The van der Waals surface area contributed by atoms with Crippen molar-refractivity contribution in [2.24, 2.45) is 11.8 Å². The molecule has 1 fully saturated rings. The van der Waals surface area contributed by atoms with Crippen LogP contribution in [0.2, 0.25) is 0 Å². The van der Waals surface area contributed by atoms with Crippen LogP contribution in [0.15, 0.2) is 42.7 Å². The van der Waals surface area contributed by atoms with Gasteiger partial charge >= 0.3 is 0 Å². The van der Waals surface area contributed by atoms with Gasteiger partial charge in [-0.3, -0.25) is 4.79 Å². The minimum absolute atomic E-state index is 0.128. The first-order valence-electron chi connectivity index (χ1n) is 8.52. The van der Waals surface area contributed by atoms with Crippen molar-refractivity contribution in [3.63, 3.8) is 0 Å². The maximum Gasteiger partial charge on any atom is 0.224 e. The van der Waals surface area contributed by atoms with Crippen molar-refractivity contribution in [2.75, 3.05) is 0 Å². The molecule has 4 heteroatoms. The van der Waals surface area contributed by atoms with Gasteiger partial charge in [0.1, 0.15) is 0 Å². The van der Waals surface area contributed by atoms with Crippen LogP contribution in [0, 0.1) is 11.8 Å². The molecule has 4 nitrogen and oxygen atoms in total. The molecular weight excluding hydrogens is 286 g/mol. The second-order valence-electron chi connectivity index (χ2n) is 6.74. The van der Waals surface area contributed by atoms with E-state index in [1.807, 2.05) is 41.2 Å². The average molecular weight is 311 g/mol. The molecule has 1 aliphatic carbocycles. The zero-order chi connectivity index (χ0) is 16.2. The summed E-state index contributed by atoms with van der Waals surface area (Å²) in [6.45, 7) is 4.55. The second kappa shape index (κ2) is 6.99. The standard InChI is InChI=1S/C19H25N3O/c1-14-5-3-6-18(15(14)2)21-19(23)13-16-7-9-17(10-8-16)22-12-4-11-20-22/h4,7-12,14-15,18H,3,5-6,13H2,1-2H3,(H,21,23)/t14-,15-,18+/m1/s1. The number of carbonyl (C=O) groups is 1. The van der Waals surface area contributed by atoms with Gasteiger partial charge in [0.15, 0.2) is 0 Å². The average Bonchev–Trinajstić information content (AvgIpc) is 3.07. The van der Waals surface area contributed by atoms with Crippen LogP contribution in [0.25, 0.3) is 5.69 Å². The third kappa shape index (κ3) is 3.81. The molecule has 2 aromatic rings. The predicted octanol–water partition coefficient (Wildman–Crippen LogP) is 3.36. The van der Waals surface area contributed by atoms with E-state index in [-0.39, 0.29) is 5.91 Å². The van der Waals surface area contributed by atoms with Crippen LogP contribution in [-0.4, -0.2) is 21.7 Å². The van der Waals surface area contributed by atoms with Crippen molar-refractivity contribution in [1.29, 1.82) is 0 Å². The molecule has 1 aliphatic rings. The summed E-state index contributed by atoms with van der Waals surface area (Å²) in [5.74, 6) is 1.39. The van der Waals surface area contributed by atoms with Crippen LogP contribution in [-0.2, 0) is 11.2 Å². The lowest BCUT2D eigenvalue weighted by Crippen LogP contribution is -2.44. The smallest absolute Gasteiger partial charge is 0.224 e. The summed E-state index contributed by atoms with van der Waals surface area (Å²) in [5, 5.41) is 7.44. The van der Waals surface area contributed by atoms with Crippen LogP contribution < -0.4 is 5.32 Å². The van der Waals surface area contributed by atoms with Crippen LogP contribution in [0.4, 0.5) is 0 Å². The molecule has 1 N–H and O–H groups in total. The van der Waals surface area contributed by atoms with Crippen LogP contribution in [0.3, 0.4) is 0 Å². The number of rotatable bonds is 4. The van der Waals surface area contributed by atoms with Gasteiger partial charge in [-0.2, -0.15) is 5.10 Å². The van der Waals surface area contributed by atoms with Gasteiger partial charge in [0.2, 0.25) is 5.91 Å². The number of aromatic nitrogens is 2. The molecule has 0 aliphatic heterocycles. The Hall–Kier alpha value is -2.10. The lowest BCUT2D eigenvalue weighted by Gasteiger charge is -2.34. The lowest BCUT2D eigenvalue weighted by atomic mass is 9.78. The molecule has 122 valence electrons. The van der Waals surface area contributed by atoms with Gasteiger partial charge in [-0.05, 0) is 42.0 Å². The van der Waals surface area contributed by atoms with Gasteiger partial charge in [0.05, 0.1) is 12.1 Å². The van der Waals surface area contributed by atoms with E-state index in [1.165, 1.54) is 12.8 Å². The van der Waals surface area contributed by atoms with Gasteiger partial charge in [-0.25, -0.2) is 4.68 Å². The van der Waals surface area contributed by atoms with Crippen molar-refractivity contribution in [3.8, 4) is 5.69 Å². The van der Waals surface area contributed by atoms with E-state index in [0.717, 1.165) is 17.7 Å². The Bertz CT molecular complexity index is 633. The van der Waals surface area contributed by atoms with Crippen LogP contribution >= 0.6 is 0 Å². The Labute approximate surface area is 137 Å². The highest BCUT2D eigenvalue weighted by molar-refractivity contribution is 5.79. The van der Waals surface area contributed by atoms with Crippen molar-refractivity contribution in [1.82, 2.24) is 15.1 Å². The molecule has 23 heavy (non-hydrogen) atoms. The summed E-state index contributed by atoms with van der Waals surface area (Å²) in [6.07, 6.45) is 7.71. The first-order valence-corrected chi connectivity index (χ1v) is 8.52. The molecule has 0 saturated heterocycles. The third-order valence-electron chi connectivity index (χ3n) is 5.12. The highest BCUT2D eigenvalue weighted by Crippen LogP contribution is 2.29. The lowest BCUT2D eigenvalue weighted by molar-refractivity contribution is -0.121. The summed E-state index contributed by atoms with van der Waals surface area (Å²) in [4.78, 5) is 12.3. The van der Waals surface area contributed by atoms with E-state index in [4.69, 9.17) is 0 Å². The summed E-state index contributed by atoms with van der Waals surface area (Å²) in [6, 6.07) is 10.2. The molecule has 0 unspecified atom stereocenters. The zero-order valence-electron chi connectivity index (χ0n) is 13.9. The molecule has 0 bridgehead atoms. The number of nitrogens with zero attached hydrogens (tertiary/aromatic N) is 2. The fourth-order valence-electron chi connectivity index (χ4n) is 3.42. The molecular formula is C19H25N3O. The van der Waals surface area contributed by atoms with Gasteiger partial charge in [0.25, 0.3) is 0 Å². The topological polar surface area (TPSA) is 46.9 Å². The van der Waals surface area contributed by atoms with Crippen LogP contribution in [0.5, 0.6) is 0 Å². The van der Waals surface area contributed by atoms with Crippen molar-refractivity contribution in [3.05, 3.63) is 48.3 Å². The third-order valence-corrected chi connectivity index (χ3v) is 5.12. The minimum atomic E-state index is 0.128. The van der Waals surface area contributed by atoms with Gasteiger partial charge in [0, 0.05) is 18.4 Å². The maximum absolute atomic E-state index is 12.3. The van der Waals surface area contributed by atoms with Gasteiger partial charge in [-0.1, -0.05) is 38.8 Å². The SMILES string of the molecule is C[C@@H]1[C@H](C)CCC[C@@H]1NC(=O)Cc1ccc(-n2cccn2)cc1. The van der Waals surface area contributed by atoms with E-state index < -0.39 is 0 Å². The highest BCUT2D eigenvalue weighted by atomic mass is 16.1. The summed E-state index contributed by atoms with van der Waals surface area (Å²) in [7, 11) is 0. The highest BCUT2D eigenvalue weighted by Gasteiger charge is 2.27. The van der Waals surface area contributed by atoms with E-state index in [9.17, 15) is 4.79 Å². The first-order chi connectivity index (χ1) is 11.1. The molecule has 1 aromatic heterocycles. The Kier molecular flexibility index (Phi) is 4.79. The Morgan fingerprint density at radius 1 is 1.26 bits per heavy atom. The summed E-state index contributed by atoms with van der Waals surface area (Å²) in [5.41, 5.74) is 2.05. The molecule has 0 spiro atoms. The number of benzene rings is 1. The van der Waals surface area contributed by atoms with Gasteiger partial charge < -0.3 is 5.32 Å². The van der Waals surface area contributed by atoms with Gasteiger partial charge in [-0.15, -0.1) is 0 Å². The van der Waals surface area contributed by atoms with E-state index in [1.54, 1.807) is 6.20 Å². The Morgan fingerprint density at radius 2 is 2.04 bits per heavy atom. The predicted molar refractivity (Wildman–Crippen MR) is 91.4 cm³/mol. The van der Waals surface area contributed by atoms with Crippen molar-refractivity contribution in [2.45, 2.75) is 45.6 Å². The molecule has 1 saturated carbocycles. The summed E-state index contributed by atoms with van der Waals surface area (Å²) >= 11 is 0. The number of carbonyl (C=O) groups excluding carboxylic acids is 1. The van der Waals surface area contributed by atoms with E-state index in [2.05, 4.69) is 24.3 Å². The second-order valence-corrected chi connectivity index (χ2v) is 6.74. The number of nitrogens with one attached hydrogen (secondary N) is 1. The minimum Gasteiger partial charge on any atom is -0.353 e. The Morgan fingerprint density at radius 3 is 2.74 bits per heavy atom. The van der Waals surface area contributed by atoms with Crippen molar-refractivity contribution >= 4 is 5.91 Å². The first kappa shape index (κ1) is 15.8. The maximum atomic E-state index is 12.3. The molecule has 1 amide bonds. The van der Waals surface area contributed by atoms with Crippen molar-refractivity contribution < 1.29 is 4.79 Å². The fourth-order valence-corrected chi connectivity index (χ4v) is 3.42. The van der Waals surface area contributed by atoms with E-state index >= 15 is 0 Å². The van der Waals surface area contributed by atoms with Crippen LogP contribution in [0.1, 0.15) is 38.7 Å². The normalized spacial score (nSPS) is 24.3. The molecule has 3 atom stereocenters. The summed E-state index contributed by atoms with van der Waals surface area (Å²) < 4.78 is 1.81. The quantitative estimate of drug-likeness (QED) is 0.941.